The molecule has 4 atom stereocenters. The topological polar surface area (TPSA) is 135 Å². The first-order chi connectivity index (χ1) is 21.4. The first kappa shape index (κ1) is 35.5. The van der Waals surface area contributed by atoms with Crippen molar-refractivity contribution >= 4 is 18.1 Å². The van der Waals surface area contributed by atoms with E-state index in [1.807, 2.05) is 6.92 Å². The Labute approximate surface area is 262 Å². The van der Waals surface area contributed by atoms with Crippen molar-refractivity contribution in [3.05, 3.63) is 34.9 Å². The van der Waals surface area contributed by atoms with Gasteiger partial charge >= 0.3 is 0 Å². The molecule has 3 N–H and O–H groups in total. The van der Waals surface area contributed by atoms with Crippen LogP contribution in [0.25, 0.3) is 0 Å². The molecular weight excluding hydrogens is 564 g/mol. The third-order valence-electron chi connectivity index (χ3n) is 8.48. The third kappa shape index (κ3) is 9.28. The van der Waals surface area contributed by atoms with Crippen LogP contribution in [0.1, 0.15) is 106 Å². The van der Waals surface area contributed by atoms with Gasteiger partial charge in [0.1, 0.15) is 18.5 Å². The van der Waals surface area contributed by atoms with Crippen LogP contribution in [0.3, 0.4) is 0 Å². The largest absolute Gasteiger partial charge is 0.493 e. The van der Waals surface area contributed by atoms with Crippen LogP contribution in [-0.4, -0.2) is 91.5 Å². The molecular formula is C34H52N2O8. The highest BCUT2D eigenvalue weighted by molar-refractivity contribution is 5.96. The molecule has 1 aromatic carbocycles. The highest BCUT2D eigenvalue weighted by atomic mass is 16.5. The van der Waals surface area contributed by atoms with Gasteiger partial charge in [0.2, 0.25) is 11.8 Å². The molecule has 0 radical (unpaired) electrons. The lowest BCUT2D eigenvalue weighted by Gasteiger charge is -2.41. The summed E-state index contributed by atoms with van der Waals surface area (Å²) < 4.78 is 17.3. The van der Waals surface area contributed by atoms with E-state index >= 15 is 0 Å². The summed E-state index contributed by atoms with van der Waals surface area (Å²) in [6.07, 6.45) is 11.5. The lowest BCUT2D eigenvalue weighted by Crippen LogP contribution is -2.56. The maximum Gasteiger partial charge on any atom is 0.247 e. The number of nitrogens with zero attached hydrogens (tertiary/aromatic N) is 1. The van der Waals surface area contributed by atoms with Crippen LogP contribution in [0.5, 0.6) is 11.5 Å². The minimum atomic E-state index is -1.15. The molecule has 2 aliphatic rings. The fourth-order valence-corrected chi connectivity index (χ4v) is 6.21. The number of carbonyl (C=O) groups is 3. The Balaban J connectivity index is 1.84. The molecule has 0 saturated heterocycles. The number of aldehydes is 1. The molecule has 10 heteroatoms. The maximum atomic E-state index is 13.7. The molecule has 1 heterocycles. The zero-order chi connectivity index (χ0) is 31.9. The molecule has 10 nitrogen and oxygen atoms in total. The van der Waals surface area contributed by atoms with E-state index in [0.29, 0.717) is 67.1 Å². The average molecular weight is 617 g/mol. The summed E-state index contributed by atoms with van der Waals surface area (Å²) in [5.74, 6) is -0.528. The van der Waals surface area contributed by atoms with Crippen LogP contribution in [0.2, 0.25) is 0 Å². The molecule has 0 aromatic heterocycles. The summed E-state index contributed by atoms with van der Waals surface area (Å²) in [5.41, 5.74) is 1.22. The van der Waals surface area contributed by atoms with E-state index in [1.165, 1.54) is 45.6 Å². The summed E-state index contributed by atoms with van der Waals surface area (Å²) in [4.78, 5) is 40.5. The Morgan fingerprint density at radius 2 is 1.75 bits per heavy atom. The van der Waals surface area contributed by atoms with Gasteiger partial charge in [-0.1, -0.05) is 58.3 Å². The number of hydrogen-bond acceptors (Lipinski definition) is 8. The maximum absolute atomic E-state index is 13.7. The number of fused-ring (bicyclic) bond motifs is 3. The molecule has 0 bridgehead atoms. The van der Waals surface area contributed by atoms with Crippen molar-refractivity contribution in [2.24, 2.45) is 0 Å². The number of carbonyl (C=O) groups excluding carboxylic acids is 3. The number of rotatable bonds is 21. The fraction of sp³-hybridized carbons (Fsp3) is 0.676. The fourth-order valence-electron chi connectivity index (χ4n) is 6.21. The van der Waals surface area contributed by atoms with E-state index < -0.39 is 30.1 Å². The molecule has 246 valence electrons. The van der Waals surface area contributed by atoms with Gasteiger partial charge in [-0.05, 0) is 38.0 Å². The second-order valence-electron chi connectivity index (χ2n) is 11.6. The van der Waals surface area contributed by atoms with E-state index in [9.17, 15) is 24.6 Å². The second-order valence-corrected chi connectivity index (χ2v) is 11.6. The van der Waals surface area contributed by atoms with Gasteiger partial charge in [0.15, 0.2) is 11.5 Å². The number of ether oxygens (including phenoxy) is 3. The van der Waals surface area contributed by atoms with Gasteiger partial charge in [-0.15, -0.1) is 0 Å². The Morgan fingerprint density at radius 1 is 1.05 bits per heavy atom. The van der Waals surface area contributed by atoms with Gasteiger partial charge in [-0.2, -0.15) is 0 Å². The molecule has 1 aliphatic heterocycles. The Hall–Kier alpha value is -2.95. The average Bonchev–Trinajstić information content (AvgIpc) is 3.43. The number of methoxy groups -OCH3 is 1. The molecule has 4 unspecified atom stereocenters. The van der Waals surface area contributed by atoms with Crippen molar-refractivity contribution in [1.29, 1.82) is 0 Å². The number of nitrogens with one attached hydrogen (secondary N) is 1. The first-order valence-electron chi connectivity index (χ1n) is 16.4. The Kier molecular flexibility index (Phi) is 15.2. The monoisotopic (exact) mass is 616 g/mol. The summed E-state index contributed by atoms with van der Waals surface area (Å²) in [6, 6.07) is 2.38. The smallest absolute Gasteiger partial charge is 0.247 e. The van der Waals surface area contributed by atoms with Gasteiger partial charge in [0.25, 0.3) is 0 Å². The molecule has 0 fully saturated rings. The van der Waals surface area contributed by atoms with Crippen molar-refractivity contribution in [2.75, 3.05) is 40.0 Å². The van der Waals surface area contributed by atoms with Gasteiger partial charge in [0, 0.05) is 49.4 Å². The van der Waals surface area contributed by atoms with Crippen molar-refractivity contribution < 1.29 is 38.8 Å². The predicted molar refractivity (Wildman–Crippen MR) is 168 cm³/mol. The summed E-state index contributed by atoms with van der Waals surface area (Å²) in [6.45, 7) is 5.31. The molecule has 1 aliphatic carbocycles. The summed E-state index contributed by atoms with van der Waals surface area (Å²) >= 11 is 0. The van der Waals surface area contributed by atoms with Crippen LogP contribution in [-0.2, 0) is 14.3 Å². The summed E-state index contributed by atoms with van der Waals surface area (Å²) in [5, 5.41) is 23.8. The van der Waals surface area contributed by atoms with Crippen LogP contribution in [0.15, 0.2) is 23.8 Å². The zero-order valence-electron chi connectivity index (χ0n) is 26.7. The van der Waals surface area contributed by atoms with Crippen molar-refractivity contribution in [3.8, 4) is 11.5 Å². The molecule has 44 heavy (non-hydrogen) atoms. The molecule has 0 spiro atoms. The van der Waals surface area contributed by atoms with E-state index in [2.05, 4.69) is 12.2 Å². The Morgan fingerprint density at radius 3 is 2.39 bits per heavy atom. The van der Waals surface area contributed by atoms with Gasteiger partial charge in [0.05, 0.1) is 25.7 Å². The van der Waals surface area contributed by atoms with E-state index in [0.717, 1.165) is 19.3 Å². The number of benzene rings is 1. The zero-order valence-corrected chi connectivity index (χ0v) is 26.7. The van der Waals surface area contributed by atoms with Crippen LogP contribution in [0.4, 0.5) is 0 Å². The van der Waals surface area contributed by atoms with E-state index in [4.69, 9.17) is 14.2 Å². The first-order valence-corrected chi connectivity index (χ1v) is 16.4. The third-order valence-corrected chi connectivity index (χ3v) is 8.48. The molecule has 3 rings (SSSR count). The number of amides is 2. The molecule has 1 aromatic rings. The number of aliphatic hydroxyl groups is 2. The highest BCUT2D eigenvalue weighted by Gasteiger charge is 2.51. The standard InChI is InChI=1S/C34H52N2O8/c1-4-6-7-8-9-10-11-12-13-15-29(39)36(17-14-19-43-5-2)27-22-26(34(41)35-16-18-37)30-25-20-24(23-38)21-28(42-3)32(25)44-33(30)31(27)40/h20-23,27,30-31,33,37,40H,4-19H2,1-3H3,(H,35,41). The van der Waals surface area contributed by atoms with E-state index in [1.54, 1.807) is 23.1 Å². The van der Waals surface area contributed by atoms with Gasteiger partial charge in [-0.25, -0.2) is 0 Å². The highest BCUT2D eigenvalue weighted by Crippen LogP contribution is 2.51. The minimum Gasteiger partial charge on any atom is -0.493 e. The van der Waals surface area contributed by atoms with Crippen molar-refractivity contribution in [1.82, 2.24) is 10.2 Å². The van der Waals surface area contributed by atoms with Crippen LogP contribution in [0, 0.1) is 0 Å². The number of aliphatic hydroxyl groups excluding tert-OH is 2. The van der Waals surface area contributed by atoms with Gasteiger partial charge in [-0.3, -0.25) is 14.4 Å². The SMILES string of the molecule is CCCCCCCCCCCC(=O)N(CCCOCC)C1C=C(C(=O)NCCO)C2c3cc(C=O)cc(OC)c3OC2C1O. The van der Waals surface area contributed by atoms with E-state index in [-0.39, 0.29) is 19.1 Å². The summed E-state index contributed by atoms with van der Waals surface area (Å²) in [7, 11) is 1.46. The lowest BCUT2D eigenvalue weighted by atomic mass is 9.77. The lowest BCUT2D eigenvalue weighted by molar-refractivity contribution is -0.137. The van der Waals surface area contributed by atoms with Crippen molar-refractivity contribution in [2.45, 2.75) is 109 Å². The Bertz CT molecular complexity index is 1110. The number of unbranched alkanes of at least 4 members (excludes halogenated alkanes) is 8. The quantitative estimate of drug-likeness (QED) is 0.137. The van der Waals surface area contributed by atoms with Gasteiger partial charge < -0.3 is 34.6 Å². The predicted octanol–water partition coefficient (Wildman–Crippen LogP) is 4.31. The van der Waals surface area contributed by atoms with Crippen molar-refractivity contribution in [3.63, 3.8) is 0 Å². The van der Waals surface area contributed by atoms with Crippen LogP contribution >= 0.6 is 0 Å². The minimum absolute atomic E-state index is 0.0435. The molecule has 2 amide bonds. The number of hydrogen-bond donors (Lipinski definition) is 3. The van der Waals surface area contributed by atoms with Crippen LogP contribution < -0.4 is 14.8 Å². The second kappa shape index (κ2) is 18.8. The normalized spacial score (nSPS) is 20.2. The molecule has 0 saturated carbocycles.